The molecule has 2 rings (SSSR count). The van der Waals surface area contributed by atoms with E-state index >= 15 is 0 Å². The Kier molecular flexibility index (Phi) is 1.71. The number of aromatic nitrogens is 1. The molecule has 0 saturated heterocycles. The van der Waals surface area contributed by atoms with Crippen LogP contribution in [0, 0.1) is 0 Å². The first-order valence-electron chi connectivity index (χ1n) is 3.92. The molecule has 2 atom stereocenters. The number of hydrogen-bond donors (Lipinski definition) is 3. The van der Waals surface area contributed by atoms with Crippen LogP contribution in [0.1, 0.15) is 18.2 Å². The number of nitrogens with two attached hydrogens (primary N) is 1. The SMILES string of the molecule is NC1CC(O)c2ncccc2N1. The standard InChI is InChI=1S/C8H11N3O/c9-7-4-6(12)8-5(11-7)2-1-3-10-8/h1-3,6-7,11-12H,4,9H2. The topological polar surface area (TPSA) is 71.2 Å². The summed E-state index contributed by atoms with van der Waals surface area (Å²) in [6, 6.07) is 3.68. The van der Waals surface area contributed by atoms with Gasteiger partial charge in [0.1, 0.15) is 6.10 Å². The number of rotatable bonds is 0. The second-order valence-electron chi connectivity index (χ2n) is 2.94. The minimum Gasteiger partial charge on any atom is -0.387 e. The van der Waals surface area contributed by atoms with Crippen molar-refractivity contribution in [3.05, 3.63) is 24.0 Å². The van der Waals surface area contributed by atoms with Gasteiger partial charge in [-0.25, -0.2) is 0 Å². The van der Waals surface area contributed by atoms with Gasteiger partial charge in [-0.05, 0) is 12.1 Å². The van der Waals surface area contributed by atoms with Crippen molar-refractivity contribution in [3.8, 4) is 0 Å². The van der Waals surface area contributed by atoms with Gasteiger partial charge in [-0.2, -0.15) is 0 Å². The van der Waals surface area contributed by atoms with Crippen LogP contribution in [0.25, 0.3) is 0 Å². The van der Waals surface area contributed by atoms with E-state index in [1.54, 1.807) is 6.20 Å². The molecule has 4 N–H and O–H groups in total. The zero-order valence-corrected chi connectivity index (χ0v) is 6.57. The molecule has 1 aliphatic heterocycles. The molecule has 1 aromatic heterocycles. The molecule has 0 amide bonds. The summed E-state index contributed by atoms with van der Waals surface area (Å²) in [4.78, 5) is 4.07. The average molecular weight is 165 g/mol. The normalized spacial score (nSPS) is 27.5. The lowest BCUT2D eigenvalue weighted by atomic mass is 10.0. The summed E-state index contributed by atoms with van der Waals surface area (Å²) in [7, 11) is 0. The summed E-state index contributed by atoms with van der Waals surface area (Å²) in [6.07, 6.45) is 1.49. The van der Waals surface area contributed by atoms with Crippen LogP contribution in [0.4, 0.5) is 5.69 Å². The third kappa shape index (κ3) is 1.15. The fourth-order valence-electron chi connectivity index (χ4n) is 1.42. The second-order valence-corrected chi connectivity index (χ2v) is 2.94. The summed E-state index contributed by atoms with van der Waals surface area (Å²) in [5, 5.41) is 12.6. The number of anilines is 1. The molecular weight excluding hydrogens is 154 g/mol. The Morgan fingerprint density at radius 2 is 2.50 bits per heavy atom. The largest absolute Gasteiger partial charge is 0.387 e. The van der Waals surface area contributed by atoms with Crippen molar-refractivity contribution >= 4 is 5.69 Å². The summed E-state index contributed by atoms with van der Waals surface area (Å²) in [5.41, 5.74) is 7.17. The van der Waals surface area contributed by atoms with Gasteiger partial charge in [-0.3, -0.25) is 4.98 Å². The molecule has 0 fully saturated rings. The van der Waals surface area contributed by atoms with Crippen molar-refractivity contribution in [2.75, 3.05) is 5.32 Å². The monoisotopic (exact) mass is 165 g/mol. The first kappa shape index (κ1) is 7.52. The third-order valence-corrected chi connectivity index (χ3v) is 1.97. The summed E-state index contributed by atoms with van der Waals surface area (Å²) < 4.78 is 0. The van der Waals surface area contributed by atoms with E-state index < -0.39 is 6.10 Å². The predicted octanol–water partition coefficient (Wildman–Crippen LogP) is 0.215. The lowest BCUT2D eigenvalue weighted by Gasteiger charge is -2.26. The van der Waals surface area contributed by atoms with Gasteiger partial charge in [0.25, 0.3) is 0 Å². The molecule has 0 spiro atoms. The first-order valence-corrected chi connectivity index (χ1v) is 3.92. The van der Waals surface area contributed by atoms with Gasteiger partial charge in [0.05, 0.1) is 17.5 Å². The highest BCUT2D eigenvalue weighted by Crippen LogP contribution is 2.28. The molecule has 4 heteroatoms. The van der Waals surface area contributed by atoms with Crippen LogP contribution in [0.3, 0.4) is 0 Å². The molecule has 1 aromatic rings. The molecule has 0 saturated carbocycles. The van der Waals surface area contributed by atoms with Crippen molar-refractivity contribution in [1.82, 2.24) is 4.98 Å². The summed E-state index contributed by atoms with van der Waals surface area (Å²) in [6.45, 7) is 0. The van der Waals surface area contributed by atoms with E-state index in [-0.39, 0.29) is 6.17 Å². The van der Waals surface area contributed by atoms with Gasteiger partial charge in [0.15, 0.2) is 0 Å². The Labute approximate surface area is 70.4 Å². The highest BCUT2D eigenvalue weighted by atomic mass is 16.3. The van der Waals surface area contributed by atoms with E-state index in [2.05, 4.69) is 10.3 Å². The Morgan fingerprint density at radius 3 is 3.33 bits per heavy atom. The van der Waals surface area contributed by atoms with Gasteiger partial charge < -0.3 is 16.2 Å². The maximum Gasteiger partial charge on any atom is 0.101 e. The first-order chi connectivity index (χ1) is 5.77. The lowest BCUT2D eigenvalue weighted by Crippen LogP contribution is -2.35. The zero-order chi connectivity index (χ0) is 8.55. The number of fused-ring (bicyclic) bond motifs is 1. The third-order valence-electron chi connectivity index (χ3n) is 1.97. The van der Waals surface area contributed by atoms with Gasteiger partial charge in [-0.1, -0.05) is 0 Å². The van der Waals surface area contributed by atoms with Crippen LogP contribution in [0.2, 0.25) is 0 Å². The summed E-state index contributed by atoms with van der Waals surface area (Å²) in [5.74, 6) is 0. The van der Waals surface area contributed by atoms with Crippen LogP contribution in [-0.4, -0.2) is 16.3 Å². The number of nitrogens with zero attached hydrogens (tertiary/aromatic N) is 1. The Bertz CT molecular complexity index is 289. The smallest absolute Gasteiger partial charge is 0.101 e. The minimum absolute atomic E-state index is 0.170. The number of hydrogen-bond acceptors (Lipinski definition) is 4. The number of aliphatic hydroxyl groups is 1. The van der Waals surface area contributed by atoms with E-state index in [4.69, 9.17) is 5.73 Å². The summed E-state index contributed by atoms with van der Waals surface area (Å²) >= 11 is 0. The second kappa shape index (κ2) is 2.73. The molecule has 2 unspecified atom stereocenters. The van der Waals surface area contributed by atoms with Crippen LogP contribution >= 0.6 is 0 Å². The van der Waals surface area contributed by atoms with Gasteiger partial charge >= 0.3 is 0 Å². The van der Waals surface area contributed by atoms with Crippen molar-refractivity contribution < 1.29 is 5.11 Å². The molecule has 0 radical (unpaired) electrons. The van der Waals surface area contributed by atoms with Crippen LogP contribution in [0.5, 0.6) is 0 Å². The van der Waals surface area contributed by atoms with Crippen molar-refractivity contribution in [3.63, 3.8) is 0 Å². The number of aliphatic hydroxyl groups excluding tert-OH is 1. The van der Waals surface area contributed by atoms with E-state index in [9.17, 15) is 5.11 Å². The highest BCUT2D eigenvalue weighted by Gasteiger charge is 2.22. The van der Waals surface area contributed by atoms with Crippen molar-refractivity contribution in [2.24, 2.45) is 5.73 Å². The Balaban J connectivity index is 2.40. The molecule has 0 aromatic carbocycles. The molecule has 0 bridgehead atoms. The molecule has 64 valence electrons. The maximum absolute atomic E-state index is 9.55. The quantitative estimate of drug-likeness (QED) is 0.514. The van der Waals surface area contributed by atoms with E-state index in [1.165, 1.54) is 0 Å². The maximum atomic E-state index is 9.55. The van der Waals surface area contributed by atoms with Crippen LogP contribution in [0.15, 0.2) is 18.3 Å². The van der Waals surface area contributed by atoms with Gasteiger partial charge in [0, 0.05) is 12.6 Å². The van der Waals surface area contributed by atoms with Crippen LogP contribution < -0.4 is 11.1 Å². The molecule has 4 nitrogen and oxygen atoms in total. The van der Waals surface area contributed by atoms with Crippen molar-refractivity contribution in [2.45, 2.75) is 18.7 Å². The van der Waals surface area contributed by atoms with Crippen LogP contribution in [-0.2, 0) is 0 Å². The van der Waals surface area contributed by atoms with E-state index in [1.807, 2.05) is 12.1 Å². The van der Waals surface area contributed by atoms with Gasteiger partial charge in [-0.15, -0.1) is 0 Å². The van der Waals surface area contributed by atoms with Crippen molar-refractivity contribution in [1.29, 1.82) is 0 Å². The zero-order valence-electron chi connectivity index (χ0n) is 6.57. The molecule has 0 aliphatic carbocycles. The number of nitrogens with one attached hydrogen (secondary N) is 1. The highest BCUT2D eigenvalue weighted by molar-refractivity contribution is 5.51. The average Bonchev–Trinajstić information content (AvgIpc) is 2.04. The van der Waals surface area contributed by atoms with E-state index in [0.717, 1.165) is 5.69 Å². The fourth-order valence-corrected chi connectivity index (χ4v) is 1.42. The molecule has 1 aliphatic rings. The number of pyridine rings is 1. The predicted molar refractivity (Wildman–Crippen MR) is 45.4 cm³/mol. The molecule has 12 heavy (non-hydrogen) atoms. The lowest BCUT2D eigenvalue weighted by molar-refractivity contribution is 0.152. The Morgan fingerprint density at radius 1 is 1.67 bits per heavy atom. The fraction of sp³-hybridized carbons (Fsp3) is 0.375. The Hall–Kier alpha value is -1.13. The minimum atomic E-state index is -0.530. The van der Waals surface area contributed by atoms with E-state index in [0.29, 0.717) is 12.1 Å². The molecular formula is C8H11N3O. The van der Waals surface area contributed by atoms with Gasteiger partial charge in [0.2, 0.25) is 0 Å². The molecule has 2 heterocycles.